The molecule has 2 aromatic carbocycles. The number of carbonyl (C=O) groups is 1. The van der Waals surface area contributed by atoms with Crippen LogP contribution >= 0.6 is 0 Å². The van der Waals surface area contributed by atoms with Crippen LogP contribution in [0.2, 0.25) is 0 Å². The van der Waals surface area contributed by atoms with Crippen molar-refractivity contribution >= 4 is 23.9 Å². The second-order valence-corrected chi connectivity index (χ2v) is 4.78. The Bertz CT molecular complexity index is 749. The predicted molar refractivity (Wildman–Crippen MR) is 82.8 cm³/mol. The number of ether oxygens (including phenoxy) is 1. The molecule has 1 aliphatic rings. The lowest BCUT2D eigenvalue weighted by atomic mass is 10.1. The van der Waals surface area contributed by atoms with Gasteiger partial charge in [0, 0.05) is 11.1 Å². The summed E-state index contributed by atoms with van der Waals surface area (Å²) in [7, 11) is 0. The van der Waals surface area contributed by atoms with Crippen LogP contribution in [0.4, 0.5) is 5.69 Å². The SMILES string of the molecule is O=C([O-])c1ccc(N/N=C\C2=Cc3ccccc3OC2)cc1. The van der Waals surface area contributed by atoms with Crippen LogP contribution in [0.1, 0.15) is 15.9 Å². The van der Waals surface area contributed by atoms with Gasteiger partial charge in [0.2, 0.25) is 0 Å². The van der Waals surface area contributed by atoms with Crippen LogP contribution in [0.15, 0.2) is 59.2 Å². The molecule has 0 unspecified atom stereocenters. The van der Waals surface area contributed by atoms with Gasteiger partial charge in [-0.3, -0.25) is 5.43 Å². The van der Waals surface area contributed by atoms with Crippen molar-refractivity contribution < 1.29 is 14.6 Å². The largest absolute Gasteiger partial charge is 0.545 e. The highest BCUT2D eigenvalue weighted by Crippen LogP contribution is 2.24. The number of carbonyl (C=O) groups excluding carboxylic acids is 1. The second kappa shape index (κ2) is 6.13. The van der Waals surface area contributed by atoms with Crippen molar-refractivity contribution in [3.8, 4) is 5.75 Å². The standard InChI is InChI=1S/C17H14N2O3/c20-17(21)13-5-7-15(8-6-13)19-18-10-12-9-14-3-1-2-4-16(14)22-11-12/h1-10,19H,11H2,(H,20,21)/p-1/b18-10-. The summed E-state index contributed by atoms with van der Waals surface area (Å²) in [5.41, 5.74) is 5.63. The van der Waals surface area contributed by atoms with E-state index < -0.39 is 5.97 Å². The summed E-state index contributed by atoms with van der Waals surface area (Å²) in [5.74, 6) is -0.330. The van der Waals surface area contributed by atoms with Gasteiger partial charge in [-0.2, -0.15) is 5.10 Å². The van der Waals surface area contributed by atoms with E-state index in [0.29, 0.717) is 12.3 Å². The number of carboxylic acids is 1. The maximum absolute atomic E-state index is 10.7. The molecule has 0 radical (unpaired) electrons. The summed E-state index contributed by atoms with van der Waals surface area (Å²) < 4.78 is 5.62. The smallest absolute Gasteiger partial charge is 0.127 e. The molecule has 0 atom stereocenters. The molecule has 0 saturated heterocycles. The highest BCUT2D eigenvalue weighted by atomic mass is 16.5. The number of nitrogens with one attached hydrogen (secondary N) is 1. The van der Waals surface area contributed by atoms with E-state index in [9.17, 15) is 9.90 Å². The van der Waals surface area contributed by atoms with Gasteiger partial charge in [0.25, 0.3) is 0 Å². The van der Waals surface area contributed by atoms with Gasteiger partial charge in [0.05, 0.1) is 17.9 Å². The third kappa shape index (κ3) is 3.15. The molecule has 5 nitrogen and oxygen atoms in total. The number of benzene rings is 2. The normalized spacial score (nSPS) is 13.2. The molecule has 110 valence electrons. The zero-order valence-electron chi connectivity index (χ0n) is 11.7. The van der Waals surface area contributed by atoms with E-state index >= 15 is 0 Å². The van der Waals surface area contributed by atoms with Gasteiger partial charge in [0.1, 0.15) is 12.4 Å². The first-order valence-corrected chi connectivity index (χ1v) is 6.75. The zero-order valence-corrected chi connectivity index (χ0v) is 11.7. The van der Waals surface area contributed by atoms with Crippen molar-refractivity contribution in [2.45, 2.75) is 0 Å². The van der Waals surface area contributed by atoms with Crippen molar-refractivity contribution in [3.63, 3.8) is 0 Å². The van der Waals surface area contributed by atoms with Gasteiger partial charge in [-0.15, -0.1) is 0 Å². The quantitative estimate of drug-likeness (QED) is 0.690. The molecule has 3 rings (SSSR count). The first-order chi connectivity index (χ1) is 10.7. The number of hydrogen-bond donors (Lipinski definition) is 1. The van der Waals surface area contributed by atoms with Gasteiger partial charge < -0.3 is 14.6 Å². The number of para-hydroxylation sites is 1. The Morgan fingerprint density at radius 1 is 1.18 bits per heavy atom. The fraction of sp³-hybridized carbons (Fsp3) is 0.0588. The maximum Gasteiger partial charge on any atom is 0.127 e. The molecule has 22 heavy (non-hydrogen) atoms. The summed E-state index contributed by atoms with van der Waals surface area (Å²) >= 11 is 0. The summed E-state index contributed by atoms with van der Waals surface area (Å²) in [6, 6.07) is 14.0. The Hall–Kier alpha value is -3.08. The average molecular weight is 293 g/mol. The van der Waals surface area contributed by atoms with Crippen LogP contribution in [0, 0.1) is 0 Å². The molecule has 0 spiro atoms. The topological polar surface area (TPSA) is 73.8 Å². The van der Waals surface area contributed by atoms with Gasteiger partial charge in [-0.25, -0.2) is 0 Å². The fourth-order valence-electron chi connectivity index (χ4n) is 2.08. The number of anilines is 1. The van der Waals surface area contributed by atoms with Crippen LogP contribution in [-0.2, 0) is 0 Å². The Morgan fingerprint density at radius 3 is 2.73 bits per heavy atom. The van der Waals surface area contributed by atoms with E-state index in [1.807, 2.05) is 30.3 Å². The first-order valence-electron chi connectivity index (χ1n) is 6.75. The summed E-state index contributed by atoms with van der Waals surface area (Å²) in [6.07, 6.45) is 3.70. The summed E-state index contributed by atoms with van der Waals surface area (Å²) in [6.45, 7) is 0.464. The molecule has 0 bridgehead atoms. The van der Waals surface area contributed by atoms with E-state index in [4.69, 9.17) is 4.74 Å². The lowest BCUT2D eigenvalue weighted by molar-refractivity contribution is -0.255. The number of hydrogen-bond acceptors (Lipinski definition) is 5. The Labute approximate surface area is 127 Å². The minimum atomic E-state index is -1.20. The predicted octanol–water partition coefficient (Wildman–Crippen LogP) is 1.92. The third-order valence-electron chi connectivity index (χ3n) is 3.20. The number of carboxylic acid groups (broad SMARTS) is 1. The van der Waals surface area contributed by atoms with Crippen LogP contribution < -0.4 is 15.3 Å². The zero-order chi connectivity index (χ0) is 15.4. The Balaban J connectivity index is 1.65. The maximum atomic E-state index is 10.7. The van der Waals surface area contributed by atoms with Crippen LogP contribution in [0.25, 0.3) is 6.08 Å². The van der Waals surface area contributed by atoms with Gasteiger partial charge in [-0.1, -0.05) is 30.3 Å². The van der Waals surface area contributed by atoms with Crippen molar-refractivity contribution in [1.82, 2.24) is 0 Å². The number of fused-ring (bicyclic) bond motifs is 1. The van der Waals surface area contributed by atoms with Crippen molar-refractivity contribution in [2.75, 3.05) is 12.0 Å². The van der Waals surface area contributed by atoms with Crippen LogP contribution in [0.5, 0.6) is 5.75 Å². The number of rotatable bonds is 4. The Morgan fingerprint density at radius 2 is 1.95 bits per heavy atom. The average Bonchev–Trinajstić information content (AvgIpc) is 2.55. The molecule has 0 fully saturated rings. The van der Waals surface area contributed by atoms with Crippen LogP contribution in [-0.4, -0.2) is 18.8 Å². The first kappa shape index (κ1) is 13.9. The van der Waals surface area contributed by atoms with E-state index in [1.165, 1.54) is 12.1 Å². The lowest BCUT2D eigenvalue weighted by Gasteiger charge is -2.15. The molecule has 0 aromatic heterocycles. The summed E-state index contributed by atoms with van der Waals surface area (Å²) in [4.78, 5) is 10.7. The molecule has 5 heteroatoms. The molecule has 1 heterocycles. The molecular weight excluding hydrogens is 280 g/mol. The number of hydrazone groups is 1. The molecule has 1 aliphatic heterocycles. The number of nitrogens with zero attached hydrogens (tertiary/aromatic N) is 1. The van der Waals surface area contributed by atoms with Gasteiger partial charge in [0.15, 0.2) is 0 Å². The minimum Gasteiger partial charge on any atom is -0.545 e. The monoisotopic (exact) mass is 293 g/mol. The summed E-state index contributed by atoms with van der Waals surface area (Å²) in [5, 5.41) is 14.8. The highest BCUT2D eigenvalue weighted by Gasteiger charge is 2.08. The molecule has 1 N–H and O–H groups in total. The van der Waals surface area contributed by atoms with Gasteiger partial charge >= 0.3 is 0 Å². The molecule has 2 aromatic rings. The van der Waals surface area contributed by atoms with Crippen molar-refractivity contribution in [3.05, 3.63) is 65.2 Å². The van der Waals surface area contributed by atoms with E-state index in [0.717, 1.165) is 16.9 Å². The van der Waals surface area contributed by atoms with E-state index in [-0.39, 0.29) is 5.56 Å². The third-order valence-corrected chi connectivity index (χ3v) is 3.20. The molecule has 0 amide bonds. The molecular formula is C17H13N2O3-. The lowest BCUT2D eigenvalue weighted by Crippen LogP contribution is -2.21. The molecule has 0 saturated carbocycles. The highest BCUT2D eigenvalue weighted by molar-refractivity contribution is 5.88. The fourth-order valence-corrected chi connectivity index (χ4v) is 2.08. The van der Waals surface area contributed by atoms with E-state index in [2.05, 4.69) is 10.5 Å². The molecule has 0 aliphatic carbocycles. The van der Waals surface area contributed by atoms with Gasteiger partial charge in [-0.05, 0) is 29.8 Å². The van der Waals surface area contributed by atoms with E-state index in [1.54, 1.807) is 18.3 Å². The van der Waals surface area contributed by atoms with Crippen LogP contribution in [0.3, 0.4) is 0 Å². The van der Waals surface area contributed by atoms with Crippen molar-refractivity contribution in [1.29, 1.82) is 0 Å². The second-order valence-electron chi connectivity index (χ2n) is 4.78. The number of aromatic carboxylic acids is 1. The van der Waals surface area contributed by atoms with Crippen molar-refractivity contribution in [2.24, 2.45) is 5.10 Å². The Kier molecular flexibility index (Phi) is 3.87. The minimum absolute atomic E-state index is 0.134.